The van der Waals surface area contributed by atoms with Crippen molar-refractivity contribution in [2.24, 2.45) is 11.8 Å². The van der Waals surface area contributed by atoms with Crippen molar-refractivity contribution in [1.29, 1.82) is 0 Å². The molecule has 0 radical (unpaired) electrons. The van der Waals surface area contributed by atoms with Gasteiger partial charge in [-0.25, -0.2) is 5.84 Å². The van der Waals surface area contributed by atoms with E-state index in [2.05, 4.69) is 17.4 Å². The third-order valence-electron chi connectivity index (χ3n) is 3.05. The normalized spacial score (nSPS) is 19.7. The van der Waals surface area contributed by atoms with Crippen molar-refractivity contribution in [2.75, 3.05) is 0 Å². The molecule has 1 aromatic heterocycles. The van der Waals surface area contributed by atoms with Gasteiger partial charge in [-0.3, -0.25) is 14.9 Å². The summed E-state index contributed by atoms with van der Waals surface area (Å²) in [4.78, 5) is 11.4. The van der Waals surface area contributed by atoms with Gasteiger partial charge in [-0.2, -0.15) is 5.10 Å². The van der Waals surface area contributed by atoms with Crippen LogP contribution in [-0.4, -0.2) is 15.7 Å². The highest BCUT2D eigenvalue weighted by Crippen LogP contribution is 2.25. The third-order valence-corrected chi connectivity index (χ3v) is 3.05. The quantitative estimate of drug-likeness (QED) is 0.408. The SMILES string of the molecule is CCn1ncc2c1C[C@@H](C(=O)NN)CC2. The summed E-state index contributed by atoms with van der Waals surface area (Å²) in [5.41, 5.74) is 4.69. The lowest BCUT2D eigenvalue weighted by molar-refractivity contribution is -0.125. The van der Waals surface area contributed by atoms with E-state index in [4.69, 9.17) is 5.84 Å². The molecule has 3 N–H and O–H groups in total. The molecule has 15 heavy (non-hydrogen) atoms. The van der Waals surface area contributed by atoms with Crippen LogP contribution in [0.5, 0.6) is 0 Å². The molecule has 0 saturated carbocycles. The molecule has 0 aliphatic heterocycles. The number of aryl methyl sites for hydroxylation is 2. The average Bonchev–Trinajstić information content (AvgIpc) is 2.69. The molecule has 1 aliphatic rings. The van der Waals surface area contributed by atoms with Gasteiger partial charge in [-0.15, -0.1) is 0 Å². The maximum Gasteiger partial charge on any atom is 0.237 e. The van der Waals surface area contributed by atoms with Crippen LogP contribution < -0.4 is 11.3 Å². The number of nitrogens with one attached hydrogen (secondary N) is 1. The van der Waals surface area contributed by atoms with E-state index >= 15 is 0 Å². The predicted molar refractivity (Wildman–Crippen MR) is 55.7 cm³/mol. The van der Waals surface area contributed by atoms with Crippen LogP contribution in [0.3, 0.4) is 0 Å². The summed E-state index contributed by atoms with van der Waals surface area (Å²) in [5.74, 6) is 5.09. The average molecular weight is 208 g/mol. The zero-order chi connectivity index (χ0) is 10.8. The van der Waals surface area contributed by atoms with E-state index in [0.717, 1.165) is 25.8 Å². The summed E-state index contributed by atoms with van der Waals surface area (Å²) in [6.07, 6.45) is 4.46. The van der Waals surface area contributed by atoms with Gasteiger partial charge in [0.05, 0.1) is 6.20 Å². The topological polar surface area (TPSA) is 72.9 Å². The van der Waals surface area contributed by atoms with Crippen LogP contribution in [0.25, 0.3) is 0 Å². The van der Waals surface area contributed by atoms with Gasteiger partial charge in [0.15, 0.2) is 0 Å². The number of nitrogens with zero attached hydrogens (tertiary/aromatic N) is 2. The Labute approximate surface area is 88.6 Å². The molecule has 1 aromatic rings. The molecule has 0 aromatic carbocycles. The second-order valence-electron chi connectivity index (χ2n) is 3.88. The summed E-state index contributed by atoms with van der Waals surface area (Å²) in [6, 6.07) is 0. The number of amides is 1. The van der Waals surface area contributed by atoms with E-state index in [-0.39, 0.29) is 11.8 Å². The van der Waals surface area contributed by atoms with Crippen LogP contribution in [0.15, 0.2) is 6.20 Å². The maximum absolute atomic E-state index is 11.4. The summed E-state index contributed by atoms with van der Waals surface area (Å²) >= 11 is 0. The fraction of sp³-hybridized carbons (Fsp3) is 0.600. The smallest absolute Gasteiger partial charge is 0.237 e. The van der Waals surface area contributed by atoms with Crippen LogP contribution in [0.4, 0.5) is 0 Å². The van der Waals surface area contributed by atoms with Gasteiger partial charge in [0.2, 0.25) is 5.91 Å². The first-order valence-electron chi connectivity index (χ1n) is 5.30. The van der Waals surface area contributed by atoms with Crippen LogP contribution in [0.2, 0.25) is 0 Å². The predicted octanol–water partition coefficient (Wildman–Crippen LogP) is -0.00220. The Kier molecular flexibility index (Phi) is 2.73. The van der Waals surface area contributed by atoms with Gasteiger partial charge in [0.1, 0.15) is 0 Å². The van der Waals surface area contributed by atoms with Crippen molar-refractivity contribution >= 4 is 5.91 Å². The lowest BCUT2D eigenvalue weighted by Gasteiger charge is -2.21. The second kappa shape index (κ2) is 4.02. The van der Waals surface area contributed by atoms with Crippen molar-refractivity contribution in [1.82, 2.24) is 15.2 Å². The van der Waals surface area contributed by atoms with Gasteiger partial charge in [0.25, 0.3) is 0 Å². The number of hydrazine groups is 1. The van der Waals surface area contributed by atoms with E-state index in [1.54, 1.807) is 0 Å². The molecule has 1 heterocycles. The summed E-state index contributed by atoms with van der Waals surface area (Å²) in [6.45, 7) is 2.91. The minimum Gasteiger partial charge on any atom is -0.294 e. The molecule has 5 heteroatoms. The van der Waals surface area contributed by atoms with Crippen molar-refractivity contribution in [3.63, 3.8) is 0 Å². The Morgan fingerprint density at radius 1 is 1.80 bits per heavy atom. The zero-order valence-corrected chi connectivity index (χ0v) is 8.86. The van der Waals surface area contributed by atoms with E-state index in [9.17, 15) is 4.79 Å². The largest absolute Gasteiger partial charge is 0.294 e. The lowest BCUT2D eigenvalue weighted by atomic mass is 9.87. The minimum absolute atomic E-state index is 0.00417. The number of hydrogen-bond acceptors (Lipinski definition) is 3. The van der Waals surface area contributed by atoms with Crippen LogP contribution in [0, 0.1) is 5.92 Å². The number of hydrogen-bond donors (Lipinski definition) is 2. The van der Waals surface area contributed by atoms with Gasteiger partial charge >= 0.3 is 0 Å². The number of nitrogens with two attached hydrogens (primary N) is 1. The first kappa shape index (κ1) is 10.2. The van der Waals surface area contributed by atoms with Crippen LogP contribution in [-0.2, 0) is 24.2 Å². The second-order valence-corrected chi connectivity index (χ2v) is 3.88. The van der Waals surface area contributed by atoms with Crippen molar-refractivity contribution in [3.05, 3.63) is 17.5 Å². The number of rotatable bonds is 2. The summed E-state index contributed by atoms with van der Waals surface area (Å²) in [7, 11) is 0. The number of fused-ring (bicyclic) bond motifs is 1. The molecule has 1 atom stereocenters. The molecule has 82 valence electrons. The van der Waals surface area contributed by atoms with Gasteiger partial charge in [-0.05, 0) is 25.3 Å². The Hall–Kier alpha value is -1.36. The Morgan fingerprint density at radius 3 is 3.27 bits per heavy atom. The Morgan fingerprint density at radius 2 is 2.60 bits per heavy atom. The van der Waals surface area contributed by atoms with Gasteiger partial charge in [-0.1, -0.05) is 0 Å². The first-order chi connectivity index (χ1) is 7.26. The zero-order valence-electron chi connectivity index (χ0n) is 8.86. The van der Waals surface area contributed by atoms with E-state index in [1.165, 1.54) is 11.3 Å². The number of carbonyl (C=O) groups is 1. The first-order valence-corrected chi connectivity index (χ1v) is 5.30. The molecule has 2 rings (SSSR count). The molecule has 0 fully saturated rings. The van der Waals surface area contributed by atoms with Gasteiger partial charge in [0, 0.05) is 24.6 Å². The molecular weight excluding hydrogens is 192 g/mol. The standard InChI is InChI=1S/C10H16N4O/c1-2-14-9-5-7(10(15)13-11)3-4-8(9)6-12-14/h6-7H,2-5,11H2,1H3,(H,13,15)/t7-/m0/s1. The van der Waals surface area contributed by atoms with Gasteiger partial charge < -0.3 is 0 Å². The Balaban J connectivity index is 2.20. The fourth-order valence-electron chi connectivity index (χ4n) is 2.17. The third kappa shape index (κ3) is 1.74. The fourth-order valence-corrected chi connectivity index (χ4v) is 2.17. The molecular formula is C10H16N4O. The minimum atomic E-state index is -0.0653. The molecule has 1 amide bonds. The number of aromatic nitrogens is 2. The molecule has 0 spiro atoms. The highest BCUT2D eigenvalue weighted by atomic mass is 16.2. The number of carbonyl (C=O) groups excluding carboxylic acids is 1. The van der Waals surface area contributed by atoms with E-state index in [1.807, 2.05) is 10.9 Å². The highest BCUT2D eigenvalue weighted by Gasteiger charge is 2.26. The molecule has 5 nitrogen and oxygen atoms in total. The molecule has 0 unspecified atom stereocenters. The molecule has 0 bridgehead atoms. The highest BCUT2D eigenvalue weighted by molar-refractivity contribution is 5.78. The molecule has 0 saturated heterocycles. The van der Waals surface area contributed by atoms with Crippen LogP contribution in [0.1, 0.15) is 24.6 Å². The van der Waals surface area contributed by atoms with Crippen molar-refractivity contribution in [2.45, 2.75) is 32.7 Å². The summed E-state index contributed by atoms with van der Waals surface area (Å²) in [5, 5.41) is 4.29. The van der Waals surface area contributed by atoms with Crippen molar-refractivity contribution < 1.29 is 4.79 Å². The maximum atomic E-state index is 11.4. The Bertz CT molecular complexity index is 358. The van der Waals surface area contributed by atoms with E-state index in [0.29, 0.717) is 0 Å². The molecule has 1 aliphatic carbocycles. The lowest BCUT2D eigenvalue weighted by Crippen LogP contribution is -2.38. The van der Waals surface area contributed by atoms with Crippen molar-refractivity contribution in [3.8, 4) is 0 Å². The van der Waals surface area contributed by atoms with Crippen LogP contribution >= 0.6 is 0 Å². The monoisotopic (exact) mass is 208 g/mol. The summed E-state index contributed by atoms with van der Waals surface area (Å²) < 4.78 is 1.96. The van der Waals surface area contributed by atoms with E-state index < -0.39 is 0 Å².